The fourth-order valence-electron chi connectivity index (χ4n) is 11.6. The normalized spacial score (nSPS) is 15.5. The van der Waals surface area contributed by atoms with Crippen molar-refractivity contribution in [2.75, 3.05) is 52.5 Å². The quantitative estimate of drug-likeness (QED) is 0.155. The van der Waals surface area contributed by atoms with Gasteiger partial charge in [0.25, 0.3) is 0 Å². The van der Waals surface area contributed by atoms with Crippen LogP contribution in [0.25, 0.3) is 0 Å². The van der Waals surface area contributed by atoms with E-state index >= 15 is 0 Å². The standard InChI is InChI=1S/C9H16N2.C9H19NO.C9H15NO.2C9H13N.2C9H14O.C9H14.C8H17NO.C8H17N.C8H12S/c1-7-10-8(6-11(7)5)9(2,3)4;1-9(2,3)10-6-4-8(11)5-7-10;1-6-8(9(3,4)5)7(2)11-10-6;1-9(2,3)8-5-4-6-10-7-8;1-9(2,3)8-6-4-5-7-10-8;2*1-7-5-6-8(10-7)9(2,3)4;1-9(2,3)8-6-4-5-7-8;1-8(2,3)9-4-6-10-7-5-9;1-8(2,3)9-6-4-5-7-9;1-8(2,3)7-5-4-6-9-7/h6H,1-5H3;8,11H,4-7H2,1-3H3;1-5H3;2*4-7H,1-3H3;2*5-6H,1-4H3;4,6-7H,5H2,1-3H3;4-7H2,1-3H3;4-7H2,1-3H3;4-6H,1-3H3. The summed E-state index contributed by atoms with van der Waals surface area (Å²) in [7, 11) is 2.03. The van der Waals surface area contributed by atoms with Gasteiger partial charge in [0, 0.05) is 112 Å². The zero-order valence-electron chi connectivity index (χ0n) is 77.8. The van der Waals surface area contributed by atoms with E-state index in [-0.39, 0.29) is 44.1 Å². The van der Waals surface area contributed by atoms with Gasteiger partial charge in [-0.05, 0) is 229 Å². The molecule has 0 amide bonds. The van der Waals surface area contributed by atoms with Gasteiger partial charge in [-0.2, -0.15) is 0 Å². The fourth-order valence-corrected chi connectivity index (χ4v) is 12.5. The molecule has 0 spiro atoms. The maximum atomic E-state index is 9.27. The van der Waals surface area contributed by atoms with E-state index in [1.54, 1.807) is 6.20 Å². The monoisotopic (exact) mass is 1540 g/mol. The summed E-state index contributed by atoms with van der Waals surface area (Å²) in [4.78, 5) is 21.6. The van der Waals surface area contributed by atoms with Crippen LogP contribution < -0.4 is 0 Å². The third kappa shape index (κ3) is 41.9. The number of hydrogen-bond acceptors (Lipinski definition) is 13. The molecule has 14 heteroatoms. The van der Waals surface area contributed by atoms with E-state index in [0.717, 1.165) is 110 Å². The highest BCUT2D eigenvalue weighted by Crippen LogP contribution is 2.32. The number of pyridine rings is 2. The minimum atomic E-state index is -0.0476. The fraction of sp³-hybridized carbons (Fsp3) is 0.667. The van der Waals surface area contributed by atoms with Crippen molar-refractivity contribution in [2.24, 2.45) is 12.5 Å². The lowest BCUT2D eigenvalue weighted by molar-refractivity contribution is -0.00389. The van der Waals surface area contributed by atoms with Crippen molar-refractivity contribution < 1.29 is 23.2 Å². The minimum absolute atomic E-state index is 0.0476. The van der Waals surface area contributed by atoms with E-state index in [9.17, 15) is 5.11 Å². The van der Waals surface area contributed by atoms with Gasteiger partial charge in [-0.1, -0.05) is 208 Å². The highest BCUT2D eigenvalue weighted by atomic mass is 32.1. The van der Waals surface area contributed by atoms with E-state index in [4.69, 9.17) is 18.1 Å². The largest absolute Gasteiger partial charge is 0.466 e. The molecule has 0 radical (unpaired) electrons. The predicted molar refractivity (Wildman–Crippen MR) is 475 cm³/mol. The molecule has 624 valence electrons. The van der Waals surface area contributed by atoms with Crippen LogP contribution in [0.4, 0.5) is 0 Å². The van der Waals surface area contributed by atoms with Crippen LogP contribution in [0.5, 0.6) is 0 Å². The number of likely N-dealkylation sites (tertiary alicyclic amines) is 2. The molecule has 0 bridgehead atoms. The Morgan fingerprint density at radius 1 is 0.473 bits per heavy atom. The topological polar surface area (TPSA) is 135 Å². The van der Waals surface area contributed by atoms with Gasteiger partial charge < -0.3 is 27.8 Å². The number of aromatic nitrogens is 5. The first kappa shape index (κ1) is 102. The average Bonchev–Trinajstić information content (AvgIpc) is 1.66. The number of allylic oxidation sites excluding steroid dienone is 4. The lowest BCUT2D eigenvalue weighted by Gasteiger charge is -2.39. The summed E-state index contributed by atoms with van der Waals surface area (Å²) >= 11 is 1.83. The zero-order chi connectivity index (χ0) is 84.9. The molecule has 1 aliphatic carbocycles. The van der Waals surface area contributed by atoms with Crippen LogP contribution in [-0.2, 0) is 49.7 Å². The number of aryl methyl sites for hydroxylation is 6. The summed E-state index contributed by atoms with van der Waals surface area (Å²) in [5.41, 5.74) is 10.1. The van der Waals surface area contributed by atoms with Crippen LogP contribution in [0.2, 0.25) is 0 Å². The molecule has 3 fully saturated rings. The molecule has 7 aromatic rings. The highest BCUT2D eigenvalue weighted by molar-refractivity contribution is 7.10. The molecule has 11 rings (SSSR count). The van der Waals surface area contributed by atoms with Crippen LogP contribution in [0.15, 0.2) is 134 Å². The number of ether oxygens (including phenoxy) is 1. The van der Waals surface area contributed by atoms with Gasteiger partial charge >= 0.3 is 0 Å². The lowest BCUT2D eigenvalue weighted by Crippen LogP contribution is -2.47. The minimum Gasteiger partial charge on any atom is -0.466 e. The molecule has 4 aliphatic rings. The van der Waals surface area contributed by atoms with E-state index in [0.29, 0.717) is 21.9 Å². The first-order valence-electron chi connectivity index (χ1n) is 40.8. The molecule has 0 saturated carbocycles. The molecular formula is C96H164N8O5S. The summed E-state index contributed by atoms with van der Waals surface area (Å²) in [6.07, 6.45) is 20.1. The smallest absolute Gasteiger partial charge is 0.137 e. The van der Waals surface area contributed by atoms with Crippen LogP contribution in [0.1, 0.15) is 328 Å². The number of furan rings is 2. The number of thiophene rings is 1. The Balaban J connectivity index is 0.000000605. The second-order valence-electron chi connectivity index (χ2n) is 41.1. The van der Waals surface area contributed by atoms with Gasteiger partial charge in [0.15, 0.2) is 0 Å². The Bertz CT molecular complexity index is 3480. The number of hydrogen-bond donors (Lipinski definition) is 1. The number of aliphatic hydroxyl groups excluding tert-OH is 1. The second kappa shape index (κ2) is 44.8. The van der Waals surface area contributed by atoms with Crippen LogP contribution in [0.3, 0.4) is 0 Å². The number of nitrogens with zero attached hydrogens (tertiary/aromatic N) is 8. The van der Waals surface area contributed by atoms with Gasteiger partial charge in [-0.15, -0.1) is 11.3 Å². The third-order valence-electron chi connectivity index (χ3n) is 18.9. The number of piperidine rings is 1. The van der Waals surface area contributed by atoms with E-state index < -0.39 is 0 Å². The van der Waals surface area contributed by atoms with Crippen LogP contribution in [-0.4, -0.2) is 120 Å². The lowest BCUT2D eigenvalue weighted by atomic mass is 9.86. The molecule has 1 N–H and O–H groups in total. The number of morpholine rings is 1. The Labute approximate surface area is 679 Å². The SMILES string of the molecule is CC(C)(C)C1=CCC=C1.CC(C)(C)N1CCC(O)CC1.CC(C)(C)N1CCCC1.CC(C)(C)N1CCOCC1.CC(C)(C)c1ccccn1.CC(C)(C)c1cccnc1.CC(C)(C)c1cccs1.Cc1ccc(C(C)(C)C)o1.Cc1ccc(C(C)(C)C)o1.Cc1nc(C(C)(C)C)cn1C.Cc1noc(C)c1C(C)(C)C. The Morgan fingerprint density at radius 2 is 0.955 bits per heavy atom. The summed E-state index contributed by atoms with van der Waals surface area (Å²) in [5, 5.41) is 15.3. The first-order valence-corrected chi connectivity index (χ1v) is 41.7. The molecule has 3 aliphatic heterocycles. The molecule has 0 atom stereocenters. The number of rotatable bonds is 0. The van der Waals surface area contributed by atoms with Gasteiger partial charge in [0.1, 0.15) is 34.6 Å². The molecule has 0 unspecified atom stereocenters. The Hall–Kier alpha value is -5.74. The van der Waals surface area contributed by atoms with Crippen molar-refractivity contribution in [1.29, 1.82) is 0 Å². The molecule has 7 aromatic heterocycles. The number of imidazole rings is 1. The van der Waals surface area contributed by atoms with Crippen LogP contribution >= 0.6 is 11.3 Å². The molecule has 10 heterocycles. The Kier molecular flexibility index (Phi) is 41.6. The third-order valence-corrected chi connectivity index (χ3v) is 20.2. The van der Waals surface area contributed by atoms with Crippen molar-refractivity contribution in [2.45, 2.75) is 356 Å². The molecule has 3 saturated heterocycles. The molecule has 13 nitrogen and oxygen atoms in total. The second-order valence-corrected chi connectivity index (χ2v) is 42.0. The van der Waals surface area contributed by atoms with Gasteiger partial charge in [0.2, 0.25) is 0 Å². The molecule has 110 heavy (non-hydrogen) atoms. The number of aliphatic hydroxyl groups is 1. The van der Waals surface area contributed by atoms with Gasteiger partial charge in [-0.25, -0.2) is 4.98 Å². The van der Waals surface area contributed by atoms with Gasteiger partial charge in [0.05, 0.1) is 30.7 Å². The maximum absolute atomic E-state index is 9.27. The summed E-state index contributed by atoms with van der Waals surface area (Å²) < 4.78 is 23.3. The molecular weight excluding hydrogens is 1380 g/mol. The van der Waals surface area contributed by atoms with Crippen molar-refractivity contribution in [3.8, 4) is 0 Å². The predicted octanol–water partition coefficient (Wildman–Crippen LogP) is 25.3. The summed E-state index contributed by atoms with van der Waals surface area (Å²) in [5.74, 6) is 6.12. The average molecular weight is 1540 g/mol. The summed E-state index contributed by atoms with van der Waals surface area (Å²) in [6, 6.07) is 22.5. The van der Waals surface area contributed by atoms with Gasteiger partial charge in [-0.3, -0.25) is 24.7 Å². The first-order chi connectivity index (χ1) is 50.0. The van der Waals surface area contributed by atoms with E-state index in [2.05, 4.69) is 322 Å². The summed E-state index contributed by atoms with van der Waals surface area (Å²) in [6.45, 7) is 91.2. The Morgan fingerprint density at radius 3 is 1.18 bits per heavy atom. The van der Waals surface area contributed by atoms with Crippen molar-refractivity contribution in [1.82, 2.24) is 39.4 Å². The van der Waals surface area contributed by atoms with Crippen molar-refractivity contribution in [3.05, 3.63) is 188 Å². The van der Waals surface area contributed by atoms with E-state index in [1.165, 1.54) is 47.5 Å². The van der Waals surface area contributed by atoms with E-state index in [1.807, 2.05) is 108 Å². The molecule has 0 aromatic carbocycles. The van der Waals surface area contributed by atoms with Crippen molar-refractivity contribution in [3.63, 3.8) is 0 Å². The van der Waals surface area contributed by atoms with Crippen LogP contribution in [0, 0.1) is 40.0 Å². The van der Waals surface area contributed by atoms with Crippen molar-refractivity contribution >= 4 is 11.3 Å². The highest BCUT2D eigenvalue weighted by Gasteiger charge is 2.28. The zero-order valence-corrected chi connectivity index (χ0v) is 78.6. The maximum Gasteiger partial charge on any atom is 0.137 e.